The van der Waals surface area contributed by atoms with Gasteiger partial charge >= 0.3 is 11.9 Å². The second-order valence-corrected chi connectivity index (χ2v) is 9.71. The fourth-order valence-corrected chi connectivity index (χ4v) is 2.77. The molecule has 0 aromatic heterocycles. The number of ether oxygens (including phenoxy) is 2. The van der Waals surface area contributed by atoms with E-state index in [-0.39, 0.29) is 36.3 Å². The summed E-state index contributed by atoms with van der Waals surface area (Å²) in [5.41, 5.74) is -1.02. The minimum atomic E-state index is -0.530. The van der Waals surface area contributed by atoms with Gasteiger partial charge in [0.15, 0.2) is 0 Å². The van der Waals surface area contributed by atoms with Gasteiger partial charge in [0, 0.05) is 5.92 Å². The molecule has 0 bridgehead atoms. The molecule has 5 atom stereocenters. The van der Waals surface area contributed by atoms with E-state index in [0.717, 1.165) is 6.42 Å². The van der Waals surface area contributed by atoms with E-state index >= 15 is 0 Å². The molecule has 0 heterocycles. The number of aliphatic hydroxyl groups is 1. The van der Waals surface area contributed by atoms with E-state index in [1.807, 2.05) is 48.5 Å². The van der Waals surface area contributed by atoms with Crippen LogP contribution in [0.1, 0.15) is 61.8 Å². The minimum absolute atomic E-state index is 0.106. The third-order valence-corrected chi connectivity index (χ3v) is 4.82. The van der Waals surface area contributed by atoms with Crippen LogP contribution in [-0.4, -0.2) is 36.4 Å². The normalized spacial score (nSPS) is 24.2. The Morgan fingerprint density at radius 1 is 0.920 bits per heavy atom. The highest BCUT2D eigenvalue weighted by molar-refractivity contribution is 5.75. The molecule has 0 aliphatic heterocycles. The minimum Gasteiger partial charge on any atom is -0.465 e. The summed E-state index contributed by atoms with van der Waals surface area (Å²) in [6.07, 6.45) is 0.422. The molecule has 0 aromatic carbocycles. The summed E-state index contributed by atoms with van der Waals surface area (Å²) in [5.74, 6) is 0.206. The second kappa shape index (κ2) is 8.07. The molecule has 0 radical (unpaired) electrons. The van der Waals surface area contributed by atoms with Crippen LogP contribution in [-0.2, 0) is 19.1 Å². The number of esters is 2. The van der Waals surface area contributed by atoms with Crippen molar-refractivity contribution in [2.75, 3.05) is 13.2 Å². The van der Waals surface area contributed by atoms with Crippen LogP contribution in [0.15, 0.2) is 0 Å². The quantitative estimate of drug-likeness (QED) is 0.708. The van der Waals surface area contributed by atoms with Gasteiger partial charge in [-0.15, -0.1) is 0 Å². The van der Waals surface area contributed by atoms with Gasteiger partial charge in [0.25, 0.3) is 0 Å². The smallest absolute Gasteiger partial charge is 0.311 e. The zero-order chi connectivity index (χ0) is 19.6. The molecule has 1 rings (SSSR count). The van der Waals surface area contributed by atoms with E-state index in [1.54, 1.807) is 0 Å². The molecule has 5 heteroatoms. The van der Waals surface area contributed by atoms with E-state index in [9.17, 15) is 14.7 Å². The Balaban J connectivity index is 2.38. The average molecular weight is 357 g/mol. The summed E-state index contributed by atoms with van der Waals surface area (Å²) in [5, 5.41) is 10.5. The highest BCUT2D eigenvalue weighted by Gasteiger charge is 2.47. The van der Waals surface area contributed by atoms with Crippen LogP contribution in [0.5, 0.6) is 0 Å². The Morgan fingerprint density at radius 2 is 1.36 bits per heavy atom. The molecule has 0 aromatic rings. The standard InChI is InChI=1S/C20H36O5/c1-12(10-24-17(22)19(3,4)5)14-9-15(14)16(21)13(2)11-25-18(23)20(6,7)8/h12-16,21H,9-11H2,1-8H3/t12-,13+,14+,15+,16+/m1/s1. The van der Waals surface area contributed by atoms with E-state index < -0.39 is 16.9 Å². The number of carbonyl (C=O) groups excluding carboxylic acids is 2. The molecule has 0 saturated heterocycles. The molecule has 25 heavy (non-hydrogen) atoms. The number of rotatable bonds is 7. The van der Waals surface area contributed by atoms with Crippen LogP contribution in [0.4, 0.5) is 0 Å². The Kier molecular flexibility index (Phi) is 7.08. The maximum atomic E-state index is 11.8. The Labute approximate surface area is 152 Å². The van der Waals surface area contributed by atoms with Gasteiger partial charge in [0.2, 0.25) is 0 Å². The van der Waals surface area contributed by atoms with Gasteiger partial charge in [-0.2, -0.15) is 0 Å². The molecule has 1 aliphatic carbocycles. The van der Waals surface area contributed by atoms with Crippen LogP contribution < -0.4 is 0 Å². The zero-order valence-corrected chi connectivity index (χ0v) is 17.1. The summed E-state index contributed by atoms with van der Waals surface area (Å²) in [4.78, 5) is 23.7. The Hall–Kier alpha value is -1.10. The van der Waals surface area contributed by atoms with Gasteiger partial charge in [-0.05, 0) is 65.7 Å². The molecule has 0 unspecified atom stereocenters. The van der Waals surface area contributed by atoms with Crippen LogP contribution in [0.25, 0.3) is 0 Å². The van der Waals surface area contributed by atoms with Gasteiger partial charge in [0.1, 0.15) is 0 Å². The first-order chi connectivity index (χ1) is 11.2. The first-order valence-corrected chi connectivity index (χ1v) is 9.27. The Bertz CT molecular complexity index is 471. The maximum absolute atomic E-state index is 11.8. The number of carbonyl (C=O) groups is 2. The lowest BCUT2D eigenvalue weighted by molar-refractivity contribution is -0.155. The number of hydrogen-bond donors (Lipinski definition) is 1. The molecule has 1 N–H and O–H groups in total. The maximum Gasteiger partial charge on any atom is 0.311 e. The topological polar surface area (TPSA) is 72.8 Å². The molecular formula is C20H36O5. The summed E-state index contributed by atoms with van der Waals surface area (Å²) in [6, 6.07) is 0. The summed E-state index contributed by atoms with van der Waals surface area (Å²) in [6.45, 7) is 15.5. The van der Waals surface area contributed by atoms with E-state index in [2.05, 4.69) is 6.92 Å². The van der Waals surface area contributed by atoms with Crippen molar-refractivity contribution in [1.29, 1.82) is 0 Å². The van der Waals surface area contributed by atoms with Gasteiger partial charge in [-0.1, -0.05) is 13.8 Å². The van der Waals surface area contributed by atoms with Crippen LogP contribution in [0, 0.1) is 34.5 Å². The summed E-state index contributed by atoms with van der Waals surface area (Å²) in [7, 11) is 0. The summed E-state index contributed by atoms with van der Waals surface area (Å²) < 4.78 is 10.7. The third kappa shape index (κ3) is 6.61. The lowest BCUT2D eigenvalue weighted by Gasteiger charge is -2.23. The fraction of sp³-hybridized carbons (Fsp3) is 0.900. The van der Waals surface area contributed by atoms with E-state index in [0.29, 0.717) is 12.5 Å². The van der Waals surface area contributed by atoms with Crippen molar-refractivity contribution >= 4 is 11.9 Å². The Morgan fingerprint density at radius 3 is 1.80 bits per heavy atom. The molecule has 1 saturated carbocycles. The van der Waals surface area contributed by atoms with Crippen molar-refractivity contribution in [3.05, 3.63) is 0 Å². The second-order valence-electron chi connectivity index (χ2n) is 9.71. The molecule has 1 fully saturated rings. The SMILES string of the molecule is C[C@H](COC(=O)C(C)(C)C)[C@@H]1C[C@@H]1[C@@H](O)[C@@H](C)COC(=O)C(C)(C)C. The van der Waals surface area contributed by atoms with E-state index in [4.69, 9.17) is 9.47 Å². The number of hydrogen-bond acceptors (Lipinski definition) is 5. The molecule has 5 nitrogen and oxygen atoms in total. The van der Waals surface area contributed by atoms with Crippen molar-refractivity contribution in [2.45, 2.75) is 67.9 Å². The molecule has 146 valence electrons. The van der Waals surface area contributed by atoms with Crippen LogP contribution >= 0.6 is 0 Å². The predicted molar refractivity (Wildman–Crippen MR) is 96.8 cm³/mol. The largest absolute Gasteiger partial charge is 0.465 e. The molecule has 0 amide bonds. The summed E-state index contributed by atoms with van der Waals surface area (Å²) >= 11 is 0. The highest BCUT2D eigenvalue weighted by Crippen LogP contribution is 2.48. The highest BCUT2D eigenvalue weighted by atomic mass is 16.5. The molecular weight excluding hydrogens is 320 g/mol. The van der Waals surface area contributed by atoms with Gasteiger partial charge in [-0.3, -0.25) is 9.59 Å². The van der Waals surface area contributed by atoms with Crippen LogP contribution in [0.2, 0.25) is 0 Å². The lowest BCUT2D eigenvalue weighted by Crippen LogP contribution is -2.30. The number of aliphatic hydroxyl groups excluding tert-OH is 1. The van der Waals surface area contributed by atoms with Crippen LogP contribution in [0.3, 0.4) is 0 Å². The van der Waals surface area contributed by atoms with Gasteiger partial charge in [-0.25, -0.2) is 0 Å². The first kappa shape index (κ1) is 21.9. The van der Waals surface area contributed by atoms with Gasteiger partial charge < -0.3 is 14.6 Å². The van der Waals surface area contributed by atoms with Crippen molar-refractivity contribution in [3.63, 3.8) is 0 Å². The van der Waals surface area contributed by atoms with Crippen molar-refractivity contribution in [2.24, 2.45) is 34.5 Å². The predicted octanol–water partition coefficient (Wildman–Crippen LogP) is 3.43. The molecule has 0 spiro atoms. The van der Waals surface area contributed by atoms with E-state index in [1.165, 1.54) is 0 Å². The van der Waals surface area contributed by atoms with Gasteiger partial charge in [0.05, 0.1) is 30.1 Å². The molecule has 1 aliphatic rings. The first-order valence-electron chi connectivity index (χ1n) is 9.27. The lowest BCUT2D eigenvalue weighted by atomic mass is 9.95. The van der Waals surface area contributed by atoms with Crippen molar-refractivity contribution in [1.82, 2.24) is 0 Å². The average Bonchev–Trinajstić information content (AvgIpc) is 3.27. The van der Waals surface area contributed by atoms with Crippen molar-refractivity contribution < 1.29 is 24.2 Å². The van der Waals surface area contributed by atoms with Crippen molar-refractivity contribution in [3.8, 4) is 0 Å². The fourth-order valence-electron chi connectivity index (χ4n) is 2.77. The monoisotopic (exact) mass is 356 g/mol. The third-order valence-electron chi connectivity index (χ3n) is 4.82. The zero-order valence-electron chi connectivity index (χ0n) is 17.1.